The minimum absolute atomic E-state index is 0.0640. The Morgan fingerprint density at radius 2 is 1.96 bits per heavy atom. The number of anilines is 1. The van der Waals surface area contributed by atoms with Crippen molar-refractivity contribution < 1.29 is 24.0 Å². The fraction of sp³-hybridized carbons (Fsp3) is 0.550. The predicted octanol–water partition coefficient (Wildman–Crippen LogP) is 0.162. The van der Waals surface area contributed by atoms with Gasteiger partial charge < -0.3 is 20.3 Å². The third-order valence-electron chi connectivity index (χ3n) is 4.77. The highest BCUT2D eigenvalue weighted by molar-refractivity contribution is 5.95. The number of ether oxygens (including phenoxy) is 1. The predicted molar refractivity (Wildman–Crippen MR) is 102 cm³/mol. The lowest BCUT2D eigenvalue weighted by molar-refractivity contribution is -0.899. The zero-order valence-corrected chi connectivity index (χ0v) is 16.2. The van der Waals surface area contributed by atoms with Crippen LogP contribution in [-0.2, 0) is 25.5 Å². The molecule has 1 aliphatic rings. The minimum atomic E-state index is -0.248. The van der Waals surface area contributed by atoms with E-state index in [-0.39, 0.29) is 36.8 Å². The Kier molecular flexibility index (Phi) is 8.26. The third kappa shape index (κ3) is 6.67. The lowest BCUT2D eigenvalue weighted by Crippen LogP contribution is -3.14. The van der Waals surface area contributed by atoms with Gasteiger partial charge in [0.2, 0.25) is 5.91 Å². The fourth-order valence-corrected chi connectivity index (χ4v) is 3.39. The van der Waals surface area contributed by atoms with E-state index in [9.17, 15) is 14.4 Å². The first-order valence-electron chi connectivity index (χ1n) is 9.68. The number of benzene rings is 1. The standard InChI is InChI=1S/C20H29N3O4/c1-3-15-8-5-6-10-17(15)22-18(24)12-21-19(25)14-23-11-7-9-16(13-23)20(26)27-4-2/h5-6,8,10,16H,3-4,7,9,11-14H2,1-2H3,(H,21,25)(H,22,24)/p+1/t16-/m1/s1. The Hall–Kier alpha value is -2.41. The smallest absolute Gasteiger partial charge is 0.314 e. The quantitative estimate of drug-likeness (QED) is 0.564. The van der Waals surface area contributed by atoms with Crippen molar-refractivity contribution in [1.29, 1.82) is 0 Å². The number of esters is 1. The van der Waals surface area contributed by atoms with E-state index < -0.39 is 0 Å². The monoisotopic (exact) mass is 376 g/mol. The Labute approximate surface area is 160 Å². The van der Waals surface area contributed by atoms with Crippen molar-refractivity contribution >= 4 is 23.5 Å². The summed E-state index contributed by atoms with van der Waals surface area (Å²) >= 11 is 0. The molecule has 1 aliphatic heterocycles. The third-order valence-corrected chi connectivity index (χ3v) is 4.77. The molecular formula is C20H30N3O4+. The molecule has 0 aromatic heterocycles. The minimum Gasteiger partial charge on any atom is -0.466 e. The maximum Gasteiger partial charge on any atom is 0.314 e. The molecule has 2 rings (SSSR count). The first kappa shape index (κ1) is 20.9. The molecule has 0 radical (unpaired) electrons. The molecule has 3 N–H and O–H groups in total. The number of aryl methyl sites for hydroxylation is 1. The summed E-state index contributed by atoms with van der Waals surface area (Å²) in [6.45, 7) is 5.84. The summed E-state index contributed by atoms with van der Waals surface area (Å²) in [5.74, 6) is -0.754. The van der Waals surface area contributed by atoms with Crippen molar-refractivity contribution in [2.24, 2.45) is 5.92 Å². The average molecular weight is 376 g/mol. The van der Waals surface area contributed by atoms with Gasteiger partial charge in [0.15, 0.2) is 6.54 Å². The van der Waals surface area contributed by atoms with E-state index in [1.54, 1.807) is 6.92 Å². The van der Waals surface area contributed by atoms with E-state index in [1.165, 1.54) is 0 Å². The lowest BCUT2D eigenvalue weighted by atomic mass is 9.98. The SMILES string of the molecule is CCOC(=O)[C@@H]1CCC[NH+](CC(=O)NCC(=O)Nc2ccccc2CC)C1. The number of likely N-dealkylation sites (tertiary alicyclic amines) is 1. The second-order valence-electron chi connectivity index (χ2n) is 6.81. The Balaban J connectivity index is 1.75. The van der Waals surface area contributed by atoms with E-state index in [0.717, 1.165) is 42.0 Å². The highest BCUT2D eigenvalue weighted by Crippen LogP contribution is 2.15. The number of hydrogen-bond donors (Lipinski definition) is 3. The van der Waals surface area contributed by atoms with Crippen molar-refractivity contribution in [2.45, 2.75) is 33.1 Å². The molecule has 1 fully saturated rings. The number of nitrogens with one attached hydrogen (secondary N) is 3. The molecule has 1 saturated heterocycles. The lowest BCUT2D eigenvalue weighted by Gasteiger charge is -2.28. The maximum absolute atomic E-state index is 12.2. The zero-order valence-electron chi connectivity index (χ0n) is 16.2. The molecule has 2 atom stereocenters. The highest BCUT2D eigenvalue weighted by Gasteiger charge is 2.30. The van der Waals surface area contributed by atoms with Crippen LogP contribution in [0.2, 0.25) is 0 Å². The average Bonchev–Trinajstić information content (AvgIpc) is 2.67. The van der Waals surface area contributed by atoms with Gasteiger partial charge in [0.25, 0.3) is 5.91 Å². The van der Waals surface area contributed by atoms with Crippen LogP contribution in [0.1, 0.15) is 32.3 Å². The van der Waals surface area contributed by atoms with E-state index in [4.69, 9.17) is 4.74 Å². The highest BCUT2D eigenvalue weighted by atomic mass is 16.5. The van der Waals surface area contributed by atoms with Crippen molar-refractivity contribution in [3.05, 3.63) is 29.8 Å². The molecule has 1 heterocycles. The van der Waals surface area contributed by atoms with Crippen LogP contribution < -0.4 is 15.5 Å². The van der Waals surface area contributed by atoms with Gasteiger partial charge in [-0.25, -0.2) is 0 Å². The molecule has 1 aromatic rings. The van der Waals surface area contributed by atoms with Gasteiger partial charge in [0.1, 0.15) is 5.92 Å². The van der Waals surface area contributed by atoms with Gasteiger partial charge >= 0.3 is 5.97 Å². The maximum atomic E-state index is 12.2. The van der Waals surface area contributed by atoms with Crippen LogP contribution in [-0.4, -0.2) is 50.6 Å². The first-order chi connectivity index (χ1) is 13.0. The van der Waals surface area contributed by atoms with Crippen molar-refractivity contribution in [3.63, 3.8) is 0 Å². The Morgan fingerprint density at radius 1 is 1.19 bits per heavy atom. The zero-order chi connectivity index (χ0) is 19.6. The molecule has 7 nitrogen and oxygen atoms in total. The van der Waals surface area contributed by atoms with Gasteiger partial charge in [-0.05, 0) is 37.8 Å². The molecule has 1 aromatic carbocycles. The van der Waals surface area contributed by atoms with Gasteiger partial charge in [-0.15, -0.1) is 0 Å². The van der Waals surface area contributed by atoms with Gasteiger partial charge in [-0.1, -0.05) is 25.1 Å². The molecule has 0 bridgehead atoms. The molecule has 0 spiro atoms. The second-order valence-corrected chi connectivity index (χ2v) is 6.81. The van der Waals surface area contributed by atoms with Crippen LogP contribution in [0.25, 0.3) is 0 Å². The number of hydrogen-bond acceptors (Lipinski definition) is 4. The summed E-state index contributed by atoms with van der Waals surface area (Å²) < 4.78 is 5.08. The molecule has 148 valence electrons. The summed E-state index contributed by atoms with van der Waals surface area (Å²) in [5, 5.41) is 5.50. The van der Waals surface area contributed by atoms with Crippen molar-refractivity contribution in [1.82, 2.24) is 5.32 Å². The van der Waals surface area contributed by atoms with E-state index in [0.29, 0.717) is 13.2 Å². The molecule has 0 saturated carbocycles. The van der Waals surface area contributed by atoms with Crippen molar-refractivity contribution in [2.75, 3.05) is 38.1 Å². The van der Waals surface area contributed by atoms with Gasteiger partial charge in [0.05, 0.1) is 26.2 Å². The second kappa shape index (κ2) is 10.7. The van der Waals surface area contributed by atoms with Crippen molar-refractivity contribution in [3.8, 4) is 0 Å². The van der Waals surface area contributed by atoms with E-state index in [1.807, 2.05) is 31.2 Å². The first-order valence-corrected chi connectivity index (χ1v) is 9.68. The van der Waals surface area contributed by atoms with E-state index in [2.05, 4.69) is 10.6 Å². The van der Waals surface area contributed by atoms with Crippen LogP contribution >= 0.6 is 0 Å². The molecular weight excluding hydrogens is 346 g/mol. The van der Waals surface area contributed by atoms with Gasteiger partial charge in [-0.3, -0.25) is 14.4 Å². The normalized spacial score (nSPS) is 19.2. The number of carbonyl (C=O) groups excluding carboxylic acids is 3. The summed E-state index contributed by atoms with van der Waals surface area (Å²) in [7, 11) is 0. The number of carbonyl (C=O) groups is 3. The van der Waals surface area contributed by atoms with Crippen LogP contribution in [0.15, 0.2) is 24.3 Å². The summed E-state index contributed by atoms with van der Waals surface area (Å²) in [6, 6.07) is 7.62. The van der Waals surface area contributed by atoms with Crippen LogP contribution in [0.3, 0.4) is 0 Å². The van der Waals surface area contributed by atoms with Crippen LogP contribution in [0.5, 0.6) is 0 Å². The van der Waals surface area contributed by atoms with E-state index >= 15 is 0 Å². The Bertz CT molecular complexity index is 662. The van der Waals surface area contributed by atoms with Gasteiger partial charge in [-0.2, -0.15) is 0 Å². The van der Waals surface area contributed by atoms with Crippen LogP contribution in [0, 0.1) is 5.92 Å². The molecule has 7 heteroatoms. The number of piperidine rings is 1. The summed E-state index contributed by atoms with van der Waals surface area (Å²) in [5.41, 5.74) is 1.83. The van der Waals surface area contributed by atoms with Gasteiger partial charge in [0, 0.05) is 5.69 Å². The fourth-order valence-electron chi connectivity index (χ4n) is 3.39. The number of para-hydroxylation sites is 1. The number of quaternary nitrogens is 1. The largest absolute Gasteiger partial charge is 0.466 e. The number of amides is 2. The molecule has 0 aliphatic carbocycles. The summed E-state index contributed by atoms with van der Waals surface area (Å²) in [6.07, 6.45) is 2.52. The summed E-state index contributed by atoms with van der Waals surface area (Å²) in [4.78, 5) is 37.2. The molecule has 27 heavy (non-hydrogen) atoms. The topological polar surface area (TPSA) is 88.9 Å². The Morgan fingerprint density at radius 3 is 2.70 bits per heavy atom. The molecule has 2 amide bonds. The number of rotatable bonds is 8. The van der Waals surface area contributed by atoms with Crippen LogP contribution in [0.4, 0.5) is 5.69 Å². The molecule has 1 unspecified atom stereocenters.